The third-order valence-corrected chi connectivity index (χ3v) is 6.76. The molecule has 0 aliphatic heterocycles. The van der Waals surface area contributed by atoms with E-state index in [0.29, 0.717) is 11.7 Å². The summed E-state index contributed by atoms with van der Waals surface area (Å²) in [6, 6.07) is 12.8. The molecular formula is C28H40O5Si. The summed E-state index contributed by atoms with van der Waals surface area (Å²) in [5.74, 6) is 3.05. The molecular weight excluding hydrogens is 444 g/mol. The maximum atomic E-state index is 6.25. The number of ether oxygens (including phenoxy) is 4. The molecule has 2 aromatic carbocycles. The summed E-state index contributed by atoms with van der Waals surface area (Å²) in [6.07, 6.45) is 5.46. The first-order valence-corrected chi connectivity index (χ1v) is 14.9. The van der Waals surface area contributed by atoms with Crippen molar-refractivity contribution in [1.82, 2.24) is 0 Å². The maximum Gasteiger partial charge on any atom is 0.229 e. The molecule has 0 saturated heterocycles. The lowest BCUT2D eigenvalue weighted by Crippen LogP contribution is -2.19. The van der Waals surface area contributed by atoms with Crippen LogP contribution in [0.5, 0.6) is 17.2 Å². The highest BCUT2D eigenvalue weighted by Crippen LogP contribution is 2.42. The smallest absolute Gasteiger partial charge is 0.229 e. The summed E-state index contributed by atoms with van der Waals surface area (Å²) in [7, 11) is 2.07. The van der Waals surface area contributed by atoms with Crippen LogP contribution in [0.3, 0.4) is 0 Å². The zero-order valence-corrected chi connectivity index (χ0v) is 22.9. The fourth-order valence-corrected chi connectivity index (χ4v) is 5.07. The minimum Gasteiger partial charge on any atom is -0.547 e. The zero-order chi connectivity index (χ0) is 24.7. The van der Waals surface area contributed by atoms with Crippen molar-refractivity contribution in [2.45, 2.75) is 64.5 Å². The summed E-state index contributed by atoms with van der Waals surface area (Å²) in [4.78, 5) is 0. The van der Waals surface area contributed by atoms with E-state index >= 15 is 0 Å². The second-order valence-corrected chi connectivity index (χ2v) is 12.5. The summed E-state index contributed by atoms with van der Waals surface area (Å²) >= 11 is 0. The van der Waals surface area contributed by atoms with Crippen molar-refractivity contribution in [3.63, 3.8) is 0 Å². The number of benzene rings is 2. The molecule has 1 atom stereocenters. The SMILES string of the molecule is COCOc1ccc(C2=CCC(c3ccc(O[SiH](C)C)c(C(C)(C)C)c3)CC2)c(OCOC)c1. The van der Waals surface area contributed by atoms with Gasteiger partial charge in [-0.15, -0.1) is 0 Å². The number of hydrogen-bond donors (Lipinski definition) is 0. The van der Waals surface area contributed by atoms with E-state index in [4.69, 9.17) is 23.4 Å². The van der Waals surface area contributed by atoms with Crippen LogP contribution in [0.4, 0.5) is 0 Å². The molecule has 2 aromatic rings. The Morgan fingerprint density at radius 2 is 1.65 bits per heavy atom. The highest BCUT2D eigenvalue weighted by Gasteiger charge is 2.24. The number of methoxy groups -OCH3 is 2. The third kappa shape index (κ3) is 6.87. The van der Waals surface area contributed by atoms with Crippen LogP contribution in [0.25, 0.3) is 5.57 Å². The fourth-order valence-electron chi connectivity index (χ4n) is 4.35. The van der Waals surface area contributed by atoms with Gasteiger partial charge >= 0.3 is 0 Å². The van der Waals surface area contributed by atoms with Gasteiger partial charge in [-0.3, -0.25) is 0 Å². The van der Waals surface area contributed by atoms with E-state index in [1.807, 2.05) is 12.1 Å². The molecule has 186 valence electrons. The average molecular weight is 485 g/mol. The van der Waals surface area contributed by atoms with Crippen molar-refractivity contribution >= 4 is 14.6 Å². The normalized spacial score (nSPS) is 16.4. The van der Waals surface area contributed by atoms with E-state index in [1.54, 1.807) is 14.2 Å². The van der Waals surface area contributed by atoms with Gasteiger partial charge in [0.25, 0.3) is 0 Å². The van der Waals surface area contributed by atoms with Crippen LogP contribution in [0.2, 0.25) is 13.1 Å². The molecule has 34 heavy (non-hydrogen) atoms. The van der Waals surface area contributed by atoms with Crippen LogP contribution < -0.4 is 13.9 Å². The Morgan fingerprint density at radius 3 is 2.26 bits per heavy atom. The predicted octanol–water partition coefficient (Wildman–Crippen LogP) is 6.66. The second kappa shape index (κ2) is 11.9. The van der Waals surface area contributed by atoms with Gasteiger partial charge in [-0.05, 0) is 78.6 Å². The Balaban J connectivity index is 1.82. The van der Waals surface area contributed by atoms with Crippen LogP contribution in [-0.4, -0.2) is 36.8 Å². The van der Waals surface area contributed by atoms with Gasteiger partial charge in [0.15, 0.2) is 13.6 Å². The van der Waals surface area contributed by atoms with Crippen molar-refractivity contribution in [3.8, 4) is 17.2 Å². The molecule has 6 heteroatoms. The van der Waals surface area contributed by atoms with Crippen LogP contribution in [0, 0.1) is 0 Å². The maximum absolute atomic E-state index is 6.25. The Morgan fingerprint density at radius 1 is 0.912 bits per heavy atom. The first-order valence-electron chi connectivity index (χ1n) is 12.1. The molecule has 0 amide bonds. The quantitative estimate of drug-likeness (QED) is 0.279. The van der Waals surface area contributed by atoms with E-state index in [-0.39, 0.29) is 19.0 Å². The summed E-state index contributed by atoms with van der Waals surface area (Å²) < 4.78 is 27.9. The molecule has 0 bridgehead atoms. The van der Waals surface area contributed by atoms with Crippen LogP contribution in [0.1, 0.15) is 62.6 Å². The first kappa shape index (κ1) is 26.3. The highest BCUT2D eigenvalue weighted by atomic mass is 28.3. The van der Waals surface area contributed by atoms with E-state index < -0.39 is 9.04 Å². The third-order valence-electron chi connectivity index (χ3n) is 6.03. The van der Waals surface area contributed by atoms with E-state index in [2.05, 4.69) is 64.2 Å². The monoisotopic (exact) mass is 484 g/mol. The van der Waals surface area contributed by atoms with Crippen LogP contribution >= 0.6 is 0 Å². The van der Waals surface area contributed by atoms with Crippen molar-refractivity contribution in [1.29, 1.82) is 0 Å². The van der Waals surface area contributed by atoms with Gasteiger partial charge in [0.05, 0.1) is 0 Å². The summed E-state index contributed by atoms with van der Waals surface area (Å²) in [5, 5.41) is 0. The summed E-state index contributed by atoms with van der Waals surface area (Å²) in [5.41, 5.74) is 5.16. The number of hydrogen-bond acceptors (Lipinski definition) is 5. The molecule has 0 aromatic heterocycles. The minimum absolute atomic E-state index is 0.0462. The highest BCUT2D eigenvalue weighted by molar-refractivity contribution is 6.49. The zero-order valence-electron chi connectivity index (χ0n) is 21.8. The minimum atomic E-state index is -1.16. The van der Waals surface area contributed by atoms with Crippen molar-refractivity contribution < 1.29 is 23.4 Å². The Kier molecular flexibility index (Phi) is 9.22. The molecule has 0 N–H and O–H groups in total. The largest absolute Gasteiger partial charge is 0.547 e. The Bertz CT molecular complexity index is 977. The molecule has 0 radical (unpaired) electrons. The molecule has 0 fully saturated rings. The van der Waals surface area contributed by atoms with E-state index in [0.717, 1.165) is 36.3 Å². The van der Waals surface area contributed by atoms with Gasteiger partial charge in [0.1, 0.15) is 17.2 Å². The molecule has 1 aliphatic carbocycles. The lowest BCUT2D eigenvalue weighted by atomic mass is 9.79. The molecule has 0 heterocycles. The standard InChI is InChI=1S/C28H40O5Si/c1-28(2,3)25-16-22(12-15-26(25)33-34(6)7)20-8-10-21(11-9-20)24-14-13-23(31-18-29-4)17-27(24)32-19-30-5/h10,12-17,20,34H,8-9,11,18-19H2,1-7H3. The van der Waals surface area contributed by atoms with Gasteiger partial charge in [0.2, 0.25) is 9.04 Å². The molecule has 0 spiro atoms. The molecule has 3 rings (SSSR count). The predicted molar refractivity (Wildman–Crippen MR) is 141 cm³/mol. The lowest BCUT2D eigenvalue weighted by Gasteiger charge is -2.28. The molecule has 1 aliphatic rings. The Hall–Kier alpha value is -2.28. The number of allylic oxidation sites excluding steroid dienone is 2. The molecule has 1 unspecified atom stereocenters. The molecule has 5 nitrogen and oxygen atoms in total. The second-order valence-electron chi connectivity index (χ2n) is 10.1. The van der Waals surface area contributed by atoms with Crippen molar-refractivity contribution in [2.24, 2.45) is 0 Å². The van der Waals surface area contributed by atoms with Gasteiger partial charge in [-0.1, -0.05) is 39.0 Å². The van der Waals surface area contributed by atoms with Crippen LogP contribution in [0.15, 0.2) is 42.5 Å². The van der Waals surface area contributed by atoms with E-state index in [9.17, 15) is 0 Å². The van der Waals surface area contributed by atoms with E-state index in [1.165, 1.54) is 16.7 Å². The number of rotatable bonds is 10. The van der Waals surface area contributed by atoms with Gasteiger partial charge in [0, 0.05) is 25.8 Å². The first-order chi connectivity index (χ1) is 16.2. The molecule has 0 saturated carbocycles. The Labute approximate surface area is 206 Å². The lowest BCUT2D eigenvalue weighted by molar-refractivity contribution is 0.0459. The van der Waals surface area contributed by atoms with Gasteiger partial charge in [-0.25, -0.2) is 0 Å². The van der Waals surface area contributed by atoms with Gasteiger partial charge < -0.3 is 23.4 Å². The van der Waals surface area contributed by atoms with Crippen molar-refractivity contribution in [3.05, 3.63) is 59.2 Å². The fraction of sp³-hybridized carbons (Fsp3) is 0.500. The summed E-state index contributed by atoms with van der Waals surface area (Å²) in [6.45, 7) is 11.6. The average Bonchev–Trinajstić information content (AvgIpc) is 2.81. The topological polar surface area (TPSA) is 46.2 Å². The van der Waals surface area contributed by atoms with Crippen molar-refractivity contribution in [2.75, 3.05) is 27.8 Å². The van der Waals surface area contributed by atoms with Crippen LogP contribution in [-0.2, 0) is 14.9 Å². The van der Waals surface area contributed by atoms with Gasteiger partial charge in [-0.2, -0.15) is 0 Å².